The maximum absolute atomic E-state index is 12.0. The highest BCUT2D eigenvalue weighted by molar-refractivity contribution is 7.53. The average Bonchev–Trinajstić information content (AvgIpc) is 3.53. The second-order valence-electron chi connectivity index (χ2n) is 8.65. The van der Waals surface area contributed by atoms with Gasteiger partial charge in [-0.05, 0) is 37.3 Å². The van der Waals surface area contributed by atoms with Crippen LogP contribution < -0.4 is 11.1 Å². The van der Waals surface area contributed by atoms with Crippen molar-refractivity contribution in [3.63, 3.8) is 0 Å². The van der Waals surface area contributed by atoms with E-state index in [1.54, 1.807) is 10.9 Å². The Morgan fingerprint density at radius 3 is 2.71 bits per heavy atom. The molecule has 1 saturated heterocycles. The normalized spacial score (nSPS) is 23.0. The molecule has 0 spiro atoms. The number of halogens is 1. The molecule has 35 heavy (non-hydrogen) atoms. The lowest BCUT2D eigenvalue weighted by atomic mass is 10.2. The number of aromatic nitrogens is 4. The monoisotopic (exact) mass is 534 g/mol. The Bertz CT molecular complexity index is 1110. The third-order valence-corrected chi connectivity index (χ3v) is 7.87. The van der Waals surface area contributed by atoms with Crippen LogP contribution in [0.25, 0.3) is 11.0 Å². The molecule has 3 heterocycles. The summed E-state index contributed by atoms with van der Waals surface area (Å²) in [5, 5.41) is 15.8. The maximum atomic E-state index is 12.0. The minimum Gasteiger partial charge on any atom is -0.446 e. The van der Waals surface area contributed by atoms with Gasteiger partial charge in [-0.25, -0.2) is 9.48 Å². The lowest BCUT2D eigenvalue weighted by Gasteiger charge is -2.32. The molecule has 2 fully saturated rings. The molecule has 1 aliphatic carbocycles. The van der Waals surface area contributed by atoms with Crippen LogP contribution in [0.3, 0.4) is 0 Å². The Morgan fingerprint density at radius 1 is 1.31 bits per heavy atom. The first-order valence-electron chi connectivity index (χ1n) is 11.2. The van der Waals surface area contributed by atoms with Crippen molar-refractivity contribution < 1.29 is 38.5 Å². The minimum absolute atomic E-state index is 0.0708. The number of primary amides is 1. The third-order valence-electron chi connectivity index (χ3n) is 6.24. The molecule has 194 valence electrons. The van der Waals surface area contributed by atoms with Crippen molar-refractivity contribution >= 4 is 42.1 Å². The Hall–Kier alpha value is -2.06. The lowest BCUT2D eigenvalue weighted by molar-refractivity contribution is -0.110. The third kappa shape index (κ3) is 5.69. The number of fused-ring (bicyclic) bond motifs is 1. The summed E-state index contributed by atoms with van der Waals surface area (Å²) in [6, 6.07) is 0.316. The second-order valence-corrected chi connectivity index (χ2v) is 10.9. The summed E-state index contributed by atoms with van der Waals surface area (Å²) in [4.78, 5) is 39.0. The van der Waals surface area contributed by atoms with E-state index in [1.807, 2.05) is 0 Å². The standard InChI is InChI=1S/C19H28ClN6O8P/c20-17-24-15(23-11-3-1-2-4-11)13-7-22-26(16(13)25-17)14-6-5-12(34-14)8-33-19(9-27,35(29,30)31)10-32-18(21)28/h7,11-12,14,27H,1-6,8-10H2,(H2,21,28)(H,23,24,25)(H2,29,30,31)/t12-,14+,19-/m0/s1. The van der Waals surface area contributed by atoms with Gasteiger partial charge in [0.25, 0.3) is 0 Å². The summed E-state index contributed by atoms with van der Waals surface area (Å²) < 4.78 is 29.4. The van der Waals surface area contributed by atoms with Gasteiger partial charge in [0.1, 0.15) is 12.4 Å². The number of ether oxygens (including phenoxy) is 3. The fraction of sp³-hybridized carbons (Fsp3) is 0.684. The van der Waals surface area contributed by atoms with Gasteiger partial charge in [-0.15, -0.1) is 0 Å². The van der Waals surface area contributed by atoms with Gasteiger partial charge in [-0.1, -0.05) is 12.8 Å². The molecule has 1 aliphatic heterocycles. The van der Waals surface area contributed by atoms with Crippen molar-refractivity contribution in [2.24, 2.45) is 5.73 Å². The highest BCUT2D eigenvalue weighted by atomic mass is 35.5. The van der Waals surface area contributed by atoms with Crippen molar-refractivity contribution in [2.75, 3.05) is 25.1 Å². The molecule has 0 radical (unpaired) electrons. The number of anilines is 1. The summed E-state index contributed by atoms with van der Waals surface area (Å²) >= 11 is 6.18. The van der Waals surface area contributed by atoms with Crippen molar-refractivity contribution in [3.05, 3.63) is 11.5 Å². The van der Waals surface area contributed by atoms with Crippen LogP contribution in [-0.4, -0.2) is 78.0 Å². The average molecular weight is 535 g/mol. The molecular weight excluding hydrogens is 507 g/mol. The molecule has 3 atom stereocenters. The largest absolute Gasteiger partial charge is 0.446 e. The van der Waals surface area contributed by atoms with E-state index in [0.29, 0.717) is 35.7 Å². The van der Waals surface area contributed by atoms with Crippen LogP contribution in [0.5, 0.6) is 0 Å². The summed E-state index contributed by atoms with van der Waals surface area (Å²) in [5.74, 6) is 0.611. The first kappa shape index (κ1) is 26.0. The number of hydrogen-bond acceptors (Lipinski definition) is 10. The van der Waals surface area contributed by atoms with Crippen molar-refractivity contribution in [2.45, 2.75) is 62.2 Å². The van der Waals surface area contributed by atoms with Gasteiger partial charge in [-0.2, -0.15) is 15.1 Å². The van der Waals surface area contributed by atoms with Crippen LogP contribution in [0.1, 0.15) is 44.8 Å². The predicted molar refractivity (Wildman–Crippen MR) is 123 cm³/mol. The molecule has 2 aromatic heterocycles. The molecule has 1 amide bonds. The summed E-state index contributed by atoms with van der Waals surface area (Å²) in [6.45, 7) is -2.31. The fourth-order valence-electron chi connectivity index (χ4n) is 4.30. The number of carbonyl (C=O) groups excluding carboxylic acids is 1. The smallest absolute Gasteiger partial charge is 0.404 e. The number of amides is 1. The van der Waals surface area contributed by atoms with Crippen LogP contribution >= 0.6 is 19.2 Å². The molecule has 0 bridgehead atoms. The number of rotatable bonds is 10. The fourth-order valence-corrected chi connectivity index (χ4v) is 5.12. The molecular formula is C19H28ClN6O8P. The molecule has 16 heteroatoms. The number of aliphatic hydroxyl groups excluding tert-OH is 1. The zero-order valence-electron chi connectivity index (χ0n) is 18.7. The summed E-state index contributed by atoms with van der Waals surface area (Å²) in [5.41, 5.74) is 5.38. The van der Waals surface area contributed by atoms with E-state index >= 15 is 0 Å². The first-order chi connectivity index (χ1) is 16.6. The van der Waals surface area contributed by atoms with Gasteiger partial charge in [0.05, 0.1) is 30.9 Å². The van der Waals surface area contributed by atoms with Gasteiger partial charge in [0.15, 0.2) is 11.9 Å². The predicted octanol–water partition coefficient (Wildman–Crippen LogP) is 1.49. The van der Waals surface area contributed by atoms with Gasteiger partial charge in [0, 0.05) is 6.04 Å². The zero-order chi connectivity index (χ0) is 25.2. The molecule has 1 saturated carbocycles. The number of hydrogen-bond donors (Lipinski definition) is 5. The minimum atomic E-state index is -5.06. The van der Waals surface area contributed by atoms with Crippen molar-refractivity contribution in [3.8, 4) is 0 Å². The Kier molecular flexibility index (Phi) is 7.81. The van der Waals surface area contributed by atoms with E-state index in [1.165, 1.54) is 0 Å². The number of nitrogens with one attached hydrogen (secondary N) is 1. The number of nitrogens with two attached hydrogens (primary N) is 1. The highest BCUT2D eigenvalue weighted by Crippen LogP contribution is 2.51. The van der Waals surface area contributed by atoms with E-state index in [2.05, 4.69) is 25.1 Å². The maximum Gasteiger partial charge on any atom is 0.404 e. The van der Waals surface area contributed by atoms with Gasteiger partial charge in [-0.3, -0.25) is 4.57 Å². The number of aliphatic hydroxyl groups is 1. The molecule has 14 nitrogen and oxygen atoms in total. The van der Waals surface area contributed by atoms with Crippen molar-refractivity contribution in [1.29, 1.82) is 0 Å². The molecule has 4 rings (SSSR count). The van der Waals surface area contributed by atoms with E-state index < -0.39 is 44.6 Å². The van der Waals surface area contributed by atoms with Gasteiger partial charge in [0.2, 0.25) is 10.6 Å². The molecule has 6 N–H and O–H groups in total. The second kappa shape index (κ2) is 10.5. The van der Waals surface area contributed by atoms with Crippen LogP contribution in [0.2, 0.25) is 5.28 Å². The number of nitrogens with zero attached hydrogens (tertiary/aromatic N) is 4. The van der Waals surface area contributed by atoms with E-state index in [4.69, 9.17) is 26.8 Å². The SMILES string of the molecule is NC(=O)OC[C@@](CO)(OC[C@@H]1CC[C@H](n2ncc3c(NC4CCCC4)nc(Cl)nc32)O1)P(=O)(O)O. The molecule has 0 aromatic carbocycles. The highest BCUT2D eigenvalue weighted by Gasteiger charge is 2.50. The van der Waals surface area contributed by atoms with Crippen LogP contribution in [0, 0.1) is 0 Å². The van der Waals surface area contributed by atoms with Crippen LogP contribution in [0.15, 0.2) is 6.20 Å². The first-order valence-corrected chi connectivity index (χ1v) is 13.2. The van der Waals surface area contributed by atoms with E-state index in [9.17, 15) is 24.3 Å². The van der Waals surface area contributed by atoms with Crippen LogP contribution in [-0.2, 0) is 18.8 Å². The Morgan fingerprint density at radius 2 is 2.06 bits per heavy atom. The van der Waals surface area contributed by atoms with Crippen molar-refractivity contribution in [1.82, 2.24) is 19.7 Å². The summed E-state index contributed by atoms with van der Waals surface area (Å²) in [6.07, 6.45) is 4.67. The lowest BCUT2D eigenvalue weighted by Crippen LogP contribution is -2.44. The summed E-state index contributed by atoms with van der Waals surface area (Å²) in [7, 11) is -5.06. The molecule has 2 aromatic rings. The topological polar surface area (TPSA) is 204 Å². The number of carbonyl (C=O) groups is 1. The zero-order valence-corrected chi connectivity index (χ0v) is 20.4. The Balaban J connectivity index is 1.46. The van der Waals surface area contributed by atoms with Crippen LogP contribution in [0.4, 0.5) is 10.6 Å². The Labute approximate surface area is 205 Å². The molecule has 2 aliphatic rings. The van der Waals surface area contributed by atoms with E-state index in [0.717, 1.165) is 25.7 Å². The molecule has 0 unspecified atom stereocenters. The van der Waals surface area contributed by atoms with Gasteiger partial charge >= 0.3 is 13.7 Å². The van der Waals surface area contributed by atoms with Gasteiger partial charge < -0.3 is 40.2 Å². The van der Waals surface area contributed by atoms with E-state index in [-0.39, 0.29) is 11.9 Å². The quantitative estimate of drug-likeness (QED) is 0.217.